The van der Waals surface area contributed by atoms with Gasteiger partial charge in [-0.1, -0.05) is 30.3 Å². The summed E-state index contributed by atoms with van der Waals surface area (Å²) in [5.74, 6) is 0.988. The van der Waals surface area contributed by atoms with Gasteiger partial charge in [-0.3, -0.25) is 9.89 Å². The van der Waals surface area contributed by atoms with Gasteiger partial charge in [0.15, 0.2) is 5.96 Å². The van der Waals surface area contributed by atoms with E-state index in [0.717, 1.165) is 51.8 Å². The van der Waals surface area contributed by atoms with E-state index in [1.54, 1.807) is 0 Å². The number of nitrogens with zero attached hydrogens (tertiary/aromatic N) is 4. The number of halogens is 1. The van der Waals surface area contributed by atoms with E-state index >= 15 is 0 Å². The third kappa shape index (κ3) is 7.50. The first-order valence-corrected chi connectivity index (χ1v) is 9.06. The van der Waals surface area contributed by atoms with Crippen molar-refractivity contribution < 1.29 is 0 Å². The summed E-state index contributed by atoms with van der Waals surface area (Å²) in [5, 5.41) is 3.42. The molecular weight excluding hydrogens is 425 g/mol. The smallest absolute Gasteiger partial charge is 0.194 e. The molecule has 1 N–H and O–H groups in total. The van der Waals surface area contributed by atoms with E-state index in [1.807, 2.05) is 0 Å². The second-order valence-electron chi connectivity index (χ2n) is 6.72. The highest BCUT2D eigenvalue weighted by Crippen LogP contribution is 2.07. The van der Waals surface area contributed by atoms with Crippen LogP contribution in [0.15, 0.2) is 35.3 Å². The lowest BCUT2D eigenvalue weighted by molar-refractivity contribution is 0.122. The van der Waals surface area contributed by atoms with E-state index in [-0.39, 0.29) is 24.0 Å². The average Bonchev–Trinajstić information content (AvgIpc) is 2.59. The summed E-state index contributed by atoms with van der Waals surface area (Å²) in [7, 11) is 4.30. The number of nitrogens with one attached hydrogen (secondary N) is 1. The molecule has 6 heteroatoms. The van der Waals surface area contributed by atoms with Crippen LogP contribution < -0.4 is 5.32 Å². The first-order chi connectivity index (χ1) is 11.6. The molecule has 1 saturated heterocycles. The number of likely N-dealkylation sites (N-methyl/N-ethyl adjacent to an activating group) is 1. The zero-order chi connectivity index (χ0) is 17.4. The predicted octanol–water partition coefficient (Wildman–Crippen LogP) is 2.34. The minimum Gasteiger partial charge on any atom is -0.357 e. The molecule has 1 atom stereocenters. The van der Waals surface area contributed by atoms with Crippen LogP contribution >= 0.6 is 24.0 Å². The van der Waals surface area contributed by atoms with Gasteiger partial charge in [-0.05, 0) is 26.5 Å². The molecule has 0 radical (unpaired) electrons. The molecule has 0 spiro atoms. The fraction of sp³-hybridized carbons (Fsp3) is 0.632. The minimum absolute atomic E-state index is 0. The quantitative estimate of drug-likeness (QED) is 0.403. The molecule has 0 aromatic heterocycles. The van der Waals surface area contributed by atoms with Gasteiger partial charge in [0.25, 0.3) is 0 Å². The van der Waals surface area contributed by atoms with E-state index in [2.05, 4.69) is 78.3 Å². The third-order valence-corrected chi connectivity index (χ3v) is 4.63. The first-order valence-electron chi connectivity index (χ1n) is 9.06. The lowest BCUT2D eigenvalue weighted by Crippen LogP contribution is -2.49. The standard InChI is InChI=1S/C19H33N5.HI/c1-5-20-19(23(4)16-18-9-7-6-8-10-18)21-15-17(2)24-13-11-22(3)12-14-24;/h6-10,17H,5,11-16H2,1-4H3,(H,20,21);1H. The minimum atomic E-state index is 0. The van der Waals surface area contributed by atoms with Crippen LogP contribution in [0.3, 0.4) is 0 Å². The van der Waals surface area contributed by atoms with Gasteiger partial charge < -0.3 is 15.1 Å². The first kappa shape index (κ1) is 22.2. The van der Waals surface area contributed by atoms with Crippen molar-refractivity contribution in [3.05, 3.63) is 35.9 Å². The molecule has 0 saturated carbocycles. The molecule has 25 heavy (non-hydrogen) atoms. The number of rotatable bonds is 6. The Bertz CT molecular complexity index is 500. The Morgan fingerprint density at radius 1 is 1.20 bits per heavy atom. The SMILES string of the molecule is CCNC(=NCC(C)N1CCN(C)CC1)N(C)Cc1ccccc1.I. The van der Waals surface area contributed by atoms with Gasteiger partial charge in [-0.25, -0.2) is 0 Å². The molecule has 1 aromatic carbocycles. The van der Waals surface area contributed by atoms with Crippen molar-refractivity contribution >= 4 is 29.9 Å². The topological polar surface area (TPSA) is 34.1 Å². The van der Waals surface area contributed by atoms with E-state index in [9.17, 15) is 0 Å². The van der Waals surface area contributed by atoms with Crippen LogP contribution in [-0.4, -0.2) is 80.1 Å². The fourth-order valence-corrected chi connectivity index (χ4v) is 3.00. The monoisotopic (exact) mass is 459 g/mol. The molecule has 1 fully saturated rings. The molecule has 1 unspecified atom stereocenters. The molecule has 0 bridgehead atoms. The summed E-state index contributed by atoms with van der Waals surface area (Å²) >= 11 is 0. The highest BCUT2D eigenvalue weighted by atomic mass is 127. The second-order valence-corrected chi connectivity index (χ2v) is 6.72. The maximum absolute atomic E-state index is 4.88. The maximum atomic E-state index is 4.88. The van der Waals surface area contributed by atoms with Crippen LogP contribution in [0.25, 0.3) is 0 Å². The van der Waals surface area contributed by atoms with Crippen molar-refractivity contribution in [1.82, 2.24) is 20.0 Å². The largest absolute Gasteiger partial charge is 0.357 e. The second kappa shape index (κ2) is 11.7. The Labute approximate surface area is 170 Å². The van der Waals surface area contributed by atoms with Crippen molar-refractivity contribution in [3.8, 4) is 0 Å². The molecule has 0 amide bonds. The van der Waals surface area contributed by atoms with E-state index in [4.69, 9.17) is 4.99 Å². The number of guanidine groups is 1. The third-order valence-electron chi connectivity index (χ3n) is 4.63. The van der Waals surface area contributed by atoms with Crippen molar-refractivity contribution in [2.45, 2.75) is 26.4 Å². The average molecular weight is 459 g/mol. The van der Waals surface area contributed by atoms with Crippen molar-refractivity contribution in [3.63, 3.8) is 0 Å². The Kier molecular flexibility index (Phi) is 10.4. The molecule has 0 aliphatic carbocycles. The summed E-state index contributed by atoms with van der Waals surface area (Å²) in [6.45, 7) is 11.6. The van der Waals surface area contributed by atoms with Crippen LogP contribution in [0.5, 0.6) is 0 Å². The molecule has 2 rings (SSSR count). The van der Waals surface area contributed by atoms with E-state index < -0.39 is 0 Å². The predicted molar refractivity (Wildman–Crippen MR) is 118 cm³/mol. The van der Waals surface area contributed by atoms with Crippen LogP contribution in [-0.2, 0) is 6.54 Å². The molecular formula is C19H34IN5. The number of benzene rings is 1. The molecule has 1 heterocycles. The van der Waals surface area contributed by atoms with Gasteiger partial charge in [0, 0.05) is 52.4 Å². The number of piperazine rings is 1. The molecule has 142 valence electrons. The Morgan fingerprint density at radius 2 is 1.84 bits per heavy atom. The molecule has 1 aliphatic rings. The summed E-state index contributed by atoms with van der Waals surface area (Å²) in [6, 6.07) is 11.0. The van der Waals surface area contributed by atoms with Gasteiger partial charge in [0.05, 0.1) is 6.54 Å². The van der Waals surface area contributed by atoms with Crippen LogP contribution in [0.4, 0.5) is 0 Å². The number of hydrogen-bond donors (Lipinski definition) is 1. The fourth-order valence-electron chi connectivity index (χ4n) is 3.00. The molecule has 1 aliphatic heterocycles. The highest BCUT2D eigenvalue weighted by Gasteiger charge is 2.19. The Hall–Kier alpha value is -0.860. The summed E-state index contributed by atoms with van der Waals surface area (Å²) in [6.07, 6.45) is 0. The van der Waals surface area contributed by atoms with Crippen LogP contribution in [0.2, 0.25) is 0 Å². The summed E-state index contributed by atoms with van der Waals surface area (Å²) in [5.41, 5.74) is 1.30. The van der Waals surface area contributed by atoms with Crippen molar-refractivity contribution in [2.24, 2.45) is 4.99 Å². The molecule has 5 nitrogen and oxygen atoms in total. The zero-order valence-electron chi connectivity index (χ0n) is 16.1. The van der Waals surface area contributed by atoms with Gasteiger partial charge >= 0.3 is 0 Å². The van der Waals surface area contributed by atoms with Crippen LogP contribution in [0, 0.1) is 0 Å². The lowest BCUT2D eigenvalue weighted by Gasteiger charge is -2.36. The number of aliphatic imine (C=N–C) groups is 1. The number of hydrogen-bond acceptors (Lipinski definition) is 3. The van der Waals surface area contributed by atoms with Crippen molar-refractivity contribution in [2.75, 3.05) is 53.4 Å². The summed E-state index contributed by atoms with van der Waals surface area (Å²) < 4.78 is 0. The van der Waals surface area contributed by atoms with Gasteiger partial charge in [-0.15, -0.1) is 24.0 Å². The maximum Gasteiger partial charge on any atom is 0.194 e. The van der Waals surface area contributed by atoms with E-state index in [0.29, 0.717) is 6.04 Å². The normalized spacial score (nSPS) is 17.7. The Balaban J connectivity index is 0.00000312. The van der Waals surface area contributed by atoms with E-state index in [1.165, 1.54) is 5.56 Å². The lowest BCUT2D eigenvalue weighted by atomic mass is 10.2. The Morgan fingerprint density at radius 3 is 2.44 bits per heavy atom. The molecule has 1 aromatic rings. The summed E-state index contributed by atoms with van der Waals surface area (Å²) in [4.78, 5) is 12.0. The van der Waals surface area contributed by atoms with Gasteiger partial charge in [-0.2, -0.15) is 0 Å². The van der Waals surface area contributed by atoms with Gasteiger partial charge in [0.2, 0.25) is 0 Å². The van der Waals surface area contributed by atoms with Gasteiger partial charge in [0.1, 0.15) is 0 Å². The zero-order valence-corrected chi connectivity index (χ0v) is 18.4. The van der Waals surface area contributed by atoms with Crippen LogP contribution in [0.1, 0.15) is 19.4 Å². The van der Waals surface area contributed by atoms with Crippen molar-refractivity contribution in [1.29, 1.82) is 0 Å². The highest BCUT2D eigenvalue weighted by molar-refractivity contribution is 14.0.